The molecule has 0 saturated carbocycles. The molecule has 3 nitrogen and oxygen atoms in total. The number of likely N-dealkylation sites (N-methyl/N-ethyl adjacent to an activating group) is 1. The Bertz CT molecular complexity index is 194. The normalized spacial score (nSPS) is 27.8. The first kappa shape index (κ1) is 11.5. The molecular formula is C11H22N2O. The Morgan fingerprint density at radius 3 is 2.79 bits per heavy atom. The van der Waals surface area contributed by atoms with Crippen LogP contribution in [0.5, 0.6) is 0 Å². The number of amides is 1. The van der Waals surface area contributed by atoms with E-state index in [4.69, 9.17) is 0 Å². The minimum absolute atomic E-state index is 0.319. The lowest BCUT2D eigenvalue weighted by atomic mass is 9.96. The lowest BCUT2D eigenvalue weighted by Crippen LogP contribution is -2.49. The van der Waals surface area contributed by atoms with Gasteiger partial charge in [-0.25, -0.2) is 0 Å². The third kappa shape index (κ3) is 2.98. The molecule has 1 heterocycles. The van der Waals surface area contributed by atoms with Crippen molar-refractivity contribution in [1.82, 2.24) is 10.2 Å². The van der Waals surface area contributed by atoms with Crippen molar-refractivity contribution in [3.63, 3.8) is 0 Å². The van der Waals surface area contributed by atoms with E-state index in [0.29, 0.717) is 24.3 Å². The molecule has 0 spiro atoms. The number of carbonyl (C=O) groups excluding carboxylic acids is 1. The number of nitrogens with zero attached hydrogens (tertiary/aromatic N) is 1. The van der Waals surface area contributed by atoms with Crippen molar-refractivity contribution in [2.75, 3.05) is 20.1 Å². The van der Waals surface area contributed by atoms with E-state index in [-0.39, 0.29) is 0 Å². The van der Waals surface area contributed by atoms with Gasteiger partial charge < -0.3 is 10.2 Å². The van der Waals surface area contributed by atoms with Crippen molar-refractivity contribution in [3.05, 3.63) is 0 Å². The van der Waals surface area contributed by atoms with Crippen LogP contribution in [0, 0.1) is 5.92 Å². The van der Waals surface area contributed by atoms with Crippen molar-refractivity contribution in [3.8, 4) is 0 Å². The molecule has 2 unspecified atom stereocenters. The van der Waals surface area contributed by atoms with E-state index in [9.17, 15) is 4.79 Å². The number of piperidine rings is 1. The summed E-state index contributed by atoms with van der Waals surface area (Å²) in [4.78, 5) is 13.7. The summed E-state index contributed by atoms with van der Waals surface area (Å²) in [6.45, 7) is 6.10. The third-order valence-electron chi connectivity index (χ3n) is 2.88. The van der Waals surface area contributed by atoms with E-state index in [0.717, 1.165) is 19.5 Å². The Labute approximate surface area is 86.9 Å². The van der Waals surface area contributed by atoms with Gasteiger partial charge in [-0.1, -0.05) is 13.8 Å². The second-order valence-corrected chi connectivity index (χ2v) is 4.38. The van der Waals surface area contributed by atoms with Crippen LogP contribution in [0.1, 0.15) is 33.1 Å². The van der Waals surface area contributed by atoms with Crippen molar-refractivity contribution in [2.24, 2.45) is 5.92 Å². The highest BCUT2D eigenvalue weighted by Gasteiger charge is 2.25. The standard InChI is InChI=1S/C11H22N2O/c1-4-5-11(14)13-7-9(2)6-10(8-13)12-3/h9-10,12H,4-8H2,1-3H3. The number of rotatable bonds is 3. The van der Waals surface area contributed by atoms with Crippen LogP contribution in [0.15, 0.2) is 0 Å². The zero-order chi connectivity index (χ0) is 10.6. The van der Waals surface area contributed by atoms with Gasteiger partial charge in [0.15, 0.2) is 0 Å². The van der Waals surface area contributed by atoms with E-state index in [2.05, 4.69) is 19.2 Å². The second kappa shape index (κ2) is 5.35. The molecule has 1 N–H and O–H groups in total. The topological polar surface area (TPSA) is 32.3 Å². The predicted molar refractivity (Wildman–Crippen MR) is 58.1 cm³/mol. The molecule has 0 aromatic heterocycles. The Morgan fingerprint density at radius 2 is 2.21 bits per heavy atom. The maximum Gasteiger partial charge on any atom is 0.222 e. The second-order valence-electron chi connectivity index (χ2n) is 4.38. The van der Waals surface area contributed by atoms with Crippen molar-refractivity contribution >= 4 is 5.91 Å². The number of likely N-dealkylation sites (tertiary alicyclic amines) is 1. The van der Waals surface area contributed by atoms with Crippen LogP contribution in [-0.4, -0.2) is 37.0 Å². The van der Waals surface area contributed by atoms with Crippen LogP contribution in [0.4, 0.5) is 0 Å². The molecule has 82 valence electrons. The van der Waals surface area contributed by atoms with Crippen LogP contribution < -0.4 is 5.32 Å². The monoisotopic (exact) mass is 198 g/mol. The van der Waals surface area contributed by atoms with Gasteiger partial charge in [-0.2, -0.15) is 0 Å². The van der Waals surface area contributed by atoms with Gasteiger partial charge in [0, 0.05) is 25.6 Å². The van der Waals surface area contributed by atoms with Gasteiger partial charge in [0.1, 0.15) is 0 Å². The minimum atomic E-state index is 0.319. The number of hydrogen-bond donors (Lipinski definition) is 1. The molecule has 0 aliphatic carbocycles. The van der Waals surface area contributed by atoms with Gasteiger partial charge in [-0.3, -0.25) is 4.79 Å². The summed E-state index contributed by atoms with van der Waals surface area (Å²) in [6, 6.07) is 0.486. The van der Waals surface area contributed by atoms with E-state index >= 15 is 0 Å². The highest BCUT2D eigenvalue weighted by atomic mass is 16.2. The average molecular weight is 198 g/mol. The highest BCUT2D eigenvalue weighted by Crippen LogP contribution is 2.17. The molecule has 1 saturated heterocycles. The molecule has 0 radical (unpaired) electrons. The summed E-state index contributed by atoms with van der Waals surface area (Å²) in [5.41, 5.74) is 0. The Morgan fingerprint density at radius 1 is 1.50 bits per heavy atom. The maximum absolute atomic E-state index is 11.7. The fourth-order valence-corrected chi connectivity index (χ4v) is 2.14. The van der Waals surface area contributed by atoms with Crippen molar-refractivity contribution in [1.29, 1.82) is 0 Å². The largest absolute Gasteiger partial charge is 0.341 e. The summed E-state index contributed by atoms with van der Waals surface area (Å²) in [6.07, 6.45) is 2.84. The maximum atomic E-state index is 11.7. The molecule has 1 amide bonds. The van der Waals surface area contributed by atoms with Crippen LogP contribution >= 0.6 is 0 Å². The lowest BCUT2D eigenvalue weighted by Gasteiger charge is -2.36. The van der Waals surface area contributed by atoms with Gasteiger partial charge >= 0.3 is 0 Å². The average Bonchev–Trinajstić information content (AvgIpc) is 2.17. The van der Waals surface area contributed by atoms with Crippen LogP contribution in [0.2, 0.25) is 0 Å². The van der Waals surface area contributed by atoms with Gasteiger partial charge in [0.25, 0.3) is 0 Å². The Balaban J connectivity index is 2.48. The van der Waals surface area contributed by atoms with Gasteiger partial charge in [0.2, 0.25) is 5.91 Å². The predicted octanol–water partition coefficient (Wildman–Crippen LogP) is 1.24. The quantitative estimate of drug-likeness (QED) is 0.740. The van der Waals surface area contributed by atoms with Crippen molar-refractivity contribution in [2.45, 2.75) is 39.2 Å². The first-order valence-corrected chi connectivity index (χ1v) is 5.62. The molecule has 0 aromatic rings. The van der Waals surface area contributed by atoms with Crippen LogP contribution in [0.3, 0.4) is 0 Å². The summed E-state index contributed by atoms with van der Waals surface area (Å²) in [5.74, 6) is 0.946. The zero-order valence-electron chi connectivity index (χ0n) is 9.55. The molecule has 1 aliphatic rings. The number of hydrogen-bond acceptors (Lipinski definition) is 2. The lowest BCUT2D eigenvalue weighted by molar-refractivity contribution is -0.133. The zero-order valence-corrected chi connectivity index (χ0v) is 9.55. The molecule has 1 aliphatic heterocycles. The van der Waals surface area contributed by atoms with E-state index in [1.807, 2.05) is 11.9 Å². The molecule has 14 heavy (non-hydrogen) atoms. The minimum Gasteiger partial charge on any atom is -0.341 e. The first-order chi connectivity index (χ1) is 6.67. The number of nitrogens with one attached hydrogen (secondary N) is 1. The smallest absolute Gasteiger partial charge is 0.222 e. The van der Waals surface area contributed by atoms with Crippen LogP contribution in [0.25, 0.3) is 0 Å². The van der Waals surface area contributed by atoms with Crippen molar-refractivity contribution < 1.29 is 4.79 Å². The van der Waals surface area contributed by atoms with E-state index < -0.39 is 0 Å². The molecule has 1 fully saturated rings. The summed E-state index contributed by atoms with van der Waals surface area (Å²) >= 11 is 0. The molecule has 1 rings (SSSR count). The highest BCUT2D eigenvalue weighted by molar-refractivity contribution is 5.76. The molecule has 0 bridgehead atoms. The Hall–Kier alpha value is -0.570. The summed E-state index contributed by atoms with van der Waals surface area (Å²) < 4.78 is 0. The first-order valence-electron chi connectivity index (χ1n) is 5.62. The summed E-state index contributed by atoms with van der Waals surface area (Å²) in [7, 11) is 1.98. The van der Waals surface area contributed by atoms with Gasteiger partial charge in [0.05, 0.1) is 0 Å². The molecule has 2 atom stereocenters. The van der Waals surface area contributed by atoms with E-state index in [1.165, 1.54) is 6.42 Å². The Kier molecular flexibility index (Phi) is 4.39. The molecular weight excluding hydrogens is 176 g/mol. The fraction of sp³-hybridized carbons (Fsp3) is 0.909. The number of carbonyl (C=O) groups is 1. The van der Waals surface area contributed by atoms with Crippen LogP contribution in [-0.2, 0) is 4.79 Å². The third-order valence-corrected chi connectivity index (χ3v) is 2.88. The van der Waals surface area contributed by atoms with Gasteiger partial charge in [-0.15, -0.1) is 0 Å². The SMILES string of the molecule is CCCC(=O)N1CC(C)CC(NC)C1. The van der Waals surface area contributed by atoms with E-state index in [1.54, 1.807) is 0 Å². The fourth-order valence-electron chi connectivity index (χ4n) is 2.14. The molecule has 0 aromatic carbocycles. The summed E-state index contributed by atoms with van der Waals surface area (Å²) in [5, 5.41) is 3.27. The molecule has 3 heteroatoms. The van der Waals surface area contributed by atoms with Gasteiger partial charge in [-0.05, 0) is 25.8 Å².